The SMILES string of the molecule is Cc1noc(CCNC(=O)c2cc(Br)cnc2N)n1. The average molecular weight is 326 g/mol. The van der Waals surface area contributed by atoms with Gasteiger partial charge in [0.1, 0.15) is 5.82 Å². The minimum atomic E-state index is -0.289. The minimum Gasteiger partial charge on any atom is -0.383 e. The zero-order chi connectivity index (χ0) is 13.8. The Bertz CT molecular complexity index is 599. The Kier molecular flexibility index (Phi) is 4.10. The van der Waals surface area contributed by atoms with Gasteiger partial charge < -0.3 is 15.6 Å². The highest BCUT2D eigenvalue weighted by Crippen LogP contribution is 2.15. The molecule has 0 spiro atoms. The van der Waals surface area contributed by atoms with Crippen LogP contribution in [0.5, 0.6) is 0 Å². The van der Waals surface area contributed by atoms with Crippen molar-refractivity contribution < 1.29 is 9.32 Å². The van der Waals surface area contributed by atoms with Gasteiger partial charge in [-0.05, 0) is 28.9 Å². The Morgan fingerprint density at radius 1 is 1.58 bits per heavy atom. The molecule has 2 aromatic rings. The van der Waals surface area contributed by atoms with Crippen LogP contribution in [0.4, 0.5) is 5.82 Å². The van der Waals surface area contributed by atoms with Crippen LogP contribution < -0.4 is 11.1 Å². The first-order valence-corrected chi connectivity index (χ1v) is 6.34. The molecule has 0 aromatic carbocycles. The predicted molar refractivity (Wildman–Crippen MR) is 71.4 cm³/mol. The van der Waals surface area contributed by atoms with Crippen molar-refractivity contribution in [1.29, 1.82) is 0 Å². The van der Waals surface area contributed by atoms with Gasteiger partial charge in [0.05, 0.1) is 5.56 Å². The number of nitrogens with two attached hydrogens (primary N) is 1. The molecule has 1 amide bonds. The Morgan fingerprint density at radius 2 is 2.37 bits per heavy atom. The van der Waals surface area contributed by atoms with Crippen molar-refractivity contribution in [2.24, 2.45) is 0 Å². The summed E-state index contributed by atoms with van der Waals surface area (Å²) in [6, 6.07) is 1.62. The molecule has 0 saturated carbocycles. The number of nitrogens with one attached hydrogen (secondary N) is 1. The van der Waals surface area contributed by atoms with Gasteiger partial charge in [-0.25, -0.2) is 4.98 Å². The average Bonchev–Trinajstić information content (AvgIpc) is 2.78. The lowest BCUT2D eigenvalue weighted by molar-refractivity contribution is 0.0954. The maximum absolute atomic E-state index is 11.9. The van der Waals surface area contributed by atoms with E-state index in [0.717, 1.165) is 0 Å². The number of halogens is 1. The van der Waals surface area contributed by atoms with Gasteiger partial charge in [0.15, 0.2) is 5.82 Å². The molecule has 0 bridgehead atoms. The van der Waals surface area contributed by atoms with E-state index >= 15 is 0 Å². The number of hydrogen-bond acceptors (Lipinski definition) is 6. The first-order valence-electron chi connectivity index (χ1n) is 5.54. The molecule has 2 aromatic heterocycles. The third-order valence-electron chi connectivity index (χ3n) is 2.32. The molecule has 0 radical (unpaired) electrons. The topological polar surface area (TPSA) is 107 Å². The second kappa shape index (κ2) is 5.79. The Morgan fingerprint density at radius 3 is 3.05 bits per heavy atom. The molecule has 0 unspecified atom stereocenters. The van der Waals surface area contributed by atoms with Crippen molar-refractivity contribution in [2.75, 3.05) is 12.3 Å². The zero-order valence-electron chi connectivity index (χ0n) is 10.2. The lowest BCUT2D eigenvalue weighted by Gasteiger charge is -2.06. The third kappa shape index (κ3) is 3.50. The van der Waals surface area contributed by atoms with Gasteiger partial charge in [0.2, 0.25) is 5.89 Å². The Hall–Kier alpha value is -1.96. The highest BCUT2D eigenvalue weighted by Gasteiger charge is 2.11. The van der Waals surface area contributed by atoms with Crippen LogP contribution in [0.1, 0.15) is 22.1 Å². The van der Waals surface area contributed by atoms with Crippen LogP contribution in [-0.4, -0.2) is 27.6 Å². The number of nitrogen functional groups attached to an aromatic ring is 1. The smallest absolute Gasteiger partial charge is 0.255 e. The van der Waals surface area contributed by atoms with E-state index in [2.05, 4.69) is 36.4 Å². The molecule has 0 aliphatic heterocycles. The van der Waals surface area contributed by atoms with Crippen molar-refractivity contribution in [3.8, 4) is 0 Å². The number of anilines is 1. The van der Waals surface area contributed by atoms with Crippen LogP contribution in [0.15, 0.2) is 21.3 Å². The van der Waals surface area contributed by atoms with Gasteiger partial charge in [-0.2, -0.15) is 4.98 Å². The number of aryl methyl sites for hydroxylation is 1. The number of carbonyl (C=O) groups excluding carboxylic acids is 1. The number of carbonyl (C=O) groups is 1. The number of rotatable bonds is 4. The summed E-state index contributed by atoms with van der Waals surface area (Å²) >= 11 is 3.24. The van der Waals surface area contributed by atoms with E-state index in [1.165, 1.54) is 6.20 Å². The maximum atomic E-state index is 11.9. The fraction of sp³-hybridized carbons (Fsp3) is 0.273. The van der Waals surface area contributed by atoms with Crippen molar-refractivity contribution in [1.82, 2.24) is 20.4 Å². The van der Waals surface area contributed by atoms with Crippen molar-refractivity contribution >= 4 is 27.7 Å². The summed E-state index contributed by atoms with van der Waals surface area (Å²) in [5, 5.41) is 6.38. The maximum Gasteiger partial charge on any atom is 0.255 e. The van der Waals surface area contributed by atoms with Crippen molar-refractivity contribution in [2.45, 2.75) is 13.3 Å². The van der Waals surface area contributed by atoms with E-state index in [0.29, 0.717) is 34.7 Å². The van der Waals surface area contributed by atoms with Gasteiger partial charge in [-0.1, -0.05) is 5.16 Å². The molecule has 0 atom stereocenters. The van der Waals surface area contributed by atoms with Gasteiger partial charge in [0, 0.05) is 23.6 Å². The summed E-state index contributed by atoms with van der Waals surface area (Å²) in [5.74, 6) is 0.955. The molecule has 7 nitrogen and oxygen atoms in total. The highest BCUT2D eigenvalue weighted by atomic mass is 79.9. The molecule has 0 saturated heterocycles. The molecular formula is C11H12BrN5O2. The summed E-state index contributed by atoms with van der Waals surface area (Å²) in [7, 11) is 0. The van der Waals surface area contributed by atoms with E-state index in [1.807, 2.05) is 0 Å². The van der Waals surface area contributed by atoms with Crippen LogP contribution in [0.25, 0.3) is 0 Å². The lowest BCUT2D eigenvalue weighted by Crippen LogP contribution is -2.26. The van der Waals surface area contributed by atoms with Crippen molar-refractivity contribution in [3.63, 3.8) is 0 Å². The van der Waals surface area contributed by atoms with Gasteiger partial charge in [-0.15, -0.1) is 0 Å². The van der Waals surface area contributed by atoms with Gasteiger partial charge in [-0.3, -0.25) is 4.79 Å². The van der Waals surface area contributed by atoms with Crippen LogP contribution >= 0.6 is 15.9 Å². The van der Waals surface area contributed by atoms with Crippen molar-refractivity contribution in [3.05, 3.63) is 34.0 Å². The number of hydrogen-bond donors (Lipinski definition) is 2. The number of nitrogens with zero attached hydrogens (tertiary/aromatic N) is 3. The normalized spacial score (nSPS) is 10.4. The Labute approximate surface area is 117 Å². The van der Waals surface area contributed by atoms with Crippen LogP contribution in [0.2, 0.25) is 0 Å². The monoisotopic (exact) mass is 325 g/mol. The summed E-state index contributed by atoms with van der Waals surface area (Å²) in [4.78, 5) is 19.8. The standard InChI is InChI=1S/C11H12BrN5O2/c1-6-16-9(19-17-6)2-3-14-11(18)8-4-7(12)5-15-10(8)13/h4-5H,2-3H2,1H3,(H2,13,15)(H,14,18). The minimum absolute atomic E-state index is 0.189. The van der Waals surface area contributed by atoms with Crippen LogP contribution in [-0.2, 0) is 6.42 Å². The third-order valence-corrected chi connectivity index (χ3v) is 2.76. The molecule has 0 fully saturated rings. The molecule has 2 rings (SSSR count). The van der Waals surface area contributed by atoms with Crippen LogP contribution in [0.3, 0.4) is 0 Å². The second-order valence-corrected chi connectivity index (χ2v) is 4.74. The summed E-state index contributed by atoms with van der Waals surface area (Å²) in [6.07, 6.45) is 2.00. The van der Waals surface area contributed by atoms with Gasteiger partial charge in [0.25, 0.3) is 5.91 Å². The molecular weight excluding hydrogens is 314 g/mol. The fourth-order valence-corrected chi connectivity index (χ4v) is 1.78. The quantitative estimate of drug-likeness (QED) is 0.871. The molecule has 8 heteroatoms. The molecule has 100 valence electrons. The molecule has 3 N–H and O–H groups in total. The summed E-state index contributed by atoms with van der Waals surface area (Å²) in [5.41, 5.74) is 5.97. The predicted octanol–water partition coefficient (Wildman–Crippen LogP) is 1.09. The van der Waals surface area contributed by atoms with E-state index in [-0.39, 0.29) is 11.7 Å². The van der Waals surface area contributed by atoms with E-state index in [4.69, 9.17) is 10.3 Å². The number of amides is 1. The molecule has 0 aliphatic rings. The summed E-state index contributed by atoms with van der Waals surface area (Å²) < 4.78 is 5.63. The first kappa shape index (κ1) is 13.5. The molecule has 19 heavy (non-hydrogen) atoms. The van der Waals surface area contributed by atoms with Gasteiger partial charge >= 0.3 is 0 Å². The second-order valence-electron chi connectivity index (χ2n) is 3.83. The number of aromatic nitrogens is 3. The zero-order valence-corrected chi connectivity index (χ0v) is 11.8. The lowest BCUT2D eigenvalue weighted by atomic mass is 10.2. The van der Waals surface area contributed by atoms with Crippen LogP contribution in [0, 0.1) is 6.92 Å². The largest absolute Gasteiger partial charge is 0.383 e. The fourth-order valence-electron chi connectivity index (χ4n) is 1.45. The summed E-state index contributed by atoms with van der Waals surface area (Å²) in [6.45, 7) is 2.12. The first-order chi connectivity index (χ1) is 9.06. The van der Waals surface area contributed by atoms with E-state index in [9.17, 15) is 4.79 Å². The van der Waals surface area contributed by atoms with E-state index in [1.54, 1.807) is 13.0 Å². The number of pyridine rings is 1. The highest BCUT2D eigenvalue weighted by molar-refractivity contribution is 9.10. The van der Waals surface area contributed by atoms with E-state index < -0.39 is 0 Å². The molecule has 0 aliphatic carbocycles. The molecule has 2 heterocycles. The Balaban J connectivity index is 1.92.